The molecule has 0 aromatic heterocycles. The highest BCUT2D eigenvalue weighted by Crippen LogP contribution is 2.23. The van der Waals surface area contributed by atoms with E-state index >= 15 is 0 Å². The first kappa shape index (κ1) is 25.2. The molecule has 32 heavy (non-hydrogen) atoms. The van der Waals surface area contributed by atoms with Gasteiger partial charge in [0, 0.05) is 30.8 Å². The fourth-order valence-electron chi connectivity index (χ4n) is 3.42. The van der Waals surface area contributed by atoms with Gasteiger partial charge in [-0.25, -0.2) is 4.79 Å². The zero-order valence-corrected chi connectivity index (χ0v) is 20.2. The molecule has 0 radical (unpaired) electrons. The lowest BCUT2D eigenvalue weighted by atomic mass is 10.0. The van der Waals surface area contributed by atoms with E-state index < -0.39 is 5.60 Å². The van der Waals surface area contributed by atoms with Gasteiger partial charge in [0.25, 0.3) is 5.91 Å². The Labute approximate surface area is 192 Å². The fourth-order valence-corrected chi connectivity index (χ4v) is 3.42. The minimum Gasteiger partial charge on any atom is -0.444 e. The Kier molecular flexibility index (Phi) is 9.06. The molecule has 2 aromatic carbocycles. The number of carbonyl (C=O) groups is 2. The molecule has 2 amide bonds. The van der Waals surface area contributed by atoms with Crippen molar-refractivity contribution in [1.29, 1.82) is 0 Å². The molecule has 0 fully saturated rings. The summed E-state index contributed by atoms with van der Waals surface area (Å²) in [6, 6.07) is 17.6. The van der Waals surface area contributed by atoms with E-state index in [1.54, 1.807) is 4.90 Å². The number of ether oxygens (including phenoxy) is 1. The van der Waals surface area contributed by atoms with Crippen molar-refractivity contribution in [2.24, 2.45) is 0 Å². The van der Waals surface area contributed by atoms with Crippen molar-refractivity contribution in [2.45, 2.75) is 60.1 Å². The van der Waals surface area contributed by atoms with E-state index in [0.29, 0.717) is 31.6 Å². The van der Waals surface area contributed by atoms with Crippen molar-refractivity contribution in [1.82, 2.24) is 9.80 Å². The normalized spacial score (nSPS) is 13.4. The highest BCUT2D eigenvalue weighted by atomic mass is 16.6. The standard InChI is InChI=1S/C25H30N2O3.C2H6/c1-19-10-8-9-13-22(19)23(28)27(18-20-11-6-5-7-12-20)21-14-16-26(17-15-21)24(29)30-25(2,3)4;1-2/h5-14H,15-18H2,1-4H3;1-2H3. The summed E-state index contributed by atoms with van der Waals surface area (Å²) in [7, 11) is 0. The van der Waals surface area contributed by atoms with E-state index in [-0.39, 0.29) is 12.0 Å². The molecule has 0 saturated carbocycles. The predicted octanol–water partition coefficient (Wildman–Crippen LogP) is 6.19. The summed E-state index contributed by atoms with van der Waals surface area (Å²) in [6.07, 6.45) is 2.24. The topological polar surface area (TPSA) is 49.9 Å². The lowest BCUT2D eigenvalue weighted by molar-refractivity contribution is 0.0260. The highest BCUT2D eigenvalue weighted by molar-refractivity contribution is 5.96. The zero-order valence-electron chi connectivity index (χ0n) is 20.2. The molecular formula is C27H36N2O3. The number of aryl methyl sites for hydroxylation is 1. The van der Waals surface area contributed by atoms with Gasteiger partial charge in [0.2, 0.25) is 0 Å². The quantitative estimate of drug-likeness (QED) is 0.574. The molecule has 1 aliphatic rings. The Bertz CT molecular complexity index is 929. The fraction of sp³-hybridized carbons (Fsp3) is 0.407. The summed E-state index contributed by atoms with van der Waals surface area (Å²) < 4.78 is 5.48. The van der Waals surface area contributed by atoms with E-state index in [0.717, 1.165) is 16.8 Å². The third-order valence-corrected chi connectivity index (χ3v) is 4.99. The van der Waals surface area contributed by atoms with Crippen LogP contribution in [0.4, 0.5) is 4.79 Å². The Hall–Kier alpha value is -3.08. The van der Waals surface area contributed by atoms with Crippen LogP contribution < -0.4 is 0 Å². The first-order valence-electron chi connectivity index (χ1n) is 11.3. The first-order chi connectivity index (χ1) is 15.2. The maximum Gasteiger partial charge on any atom is 0.410 e. The second-order valence-corrected chi connectivity index (χ2v) is 8.56. The van der Waals surface area contributed by atoms with Gasteiger partial charge in [-0.2, -0.15) is 0 Å². The van der Waals surface area contributed by atoms with Crippen molar-refractivity contribution in [3.8, 4) is 0 Å². The van der Waals surface area contributed by atoms with Crippen molar-refractivity contribution in [3.63, 3.8) is 0 Å². The number of nitrogens with zero attached hydrogens (tertiary/aromatic N) is 2. The number of carbonyl (C=O) groups excluding carboxylic acids is 2. The SMILES string of the molecule is CC.Cc1ccccc1C(=O)N(Cc1ccccc1)C1=CCN(C(=O)OC(C)(C)C)CC1. The van der Waals surface area contributed by atoms with Crippen LogP contribution in [0.3, 0.4) is 0 Å². The Morgan fingerprint density at radius 2 is 1.62 bits per heavy atom. The van der Waals surface area contributed by atoms with E-state index in [1.807, 2.05) is 107 Å². The number of amides is 2. The van der Waals surface area contributed by atoms with Gasteiger partial charge in [-0.3, -0.25) is 4.79 Å². The number of rotatable bonds is 4. The molecule has 5 heteroatoms. The smallest absolute Gasteiger partial charge is 0.410 e. The minimum absolute atomic E-state index is 0.0195. The molecule has 1 heterocycles. The second-order valence-electron chi connectivity index (χ2n) is 8.56. The molecule has 2 aromatic rings. The van der Waals surface area contributed by atoms with Crippen LogP contribution in [0, 0.1) is 6.92 Å². The van der Waals surface area contributed by atoms with Crippen molar-refractivity contribution in [2.75, 3.05) is 13.1 Å². The third-order valence-electron chi connectivity index (χ3n) is 4.99. The van der Waals surface area contributed by atoms with Crippen LogP contribution in [0.1, 0.15) is 62.5 Å². The molecule has 0 aliphatic carbocycles. The van der Waals surface area contributed by atoms with E-state index in [1.165, 1.54) is 0 Å². The van der Waals surface area contributed by atoms with Gasteiger partial charge in [0.1, 0.15) is 5.60 Å². The van der Waals surface area contributed by atoms with Crippen molar-refractivity contribution < 1.29 is 14.3 Å². The van der Waals surface area contributed by atoms with Crippen LogP contribution in [-0.2, 0) is 11.3 Å². The van der Waals surface area contributed by atoms with Crippen molar-refractivity contribution in [3.05, 3.63) is 83.1 Å². The largest absolute Gasteiger partial charge is 0.444 e. The van der Waals surface area contributed by atoms with Gasteiger partial charge < -0.3 is 14.5 Å². The minimum atomic E-state index is -0.527. The van der Waals surface area contributed by atoms with E-state index in [4.69, 9.17) is 4.74 Å². The van der Waals surface area contributed by atoms with E-state index in [2.05, 4.69) is 0 Å². The molecule has 172 valence electrons. The summed E-state index contributed by atoms with van der Waals surface area (Å²) in [4.78, 5) is 29.3. The molecular weight excluding hydrogens is 400 g/mol. The molecule has 3 rings (SSSR count). The average molecular weight is 437 g/mol. The lowest BCUT2D eigenvalue weighted by Crippen LogP contribution is -2.41. The van der Waals surface area contributed by atoms with Gasteiger partial charge in [0.05, 0.1) is 6.54 Å². The Morgan fingerprint density at radius 3 is 2.19 bits per heavy atom. The lowest BCUT2D eigenvalue weighted by Gasteiger charge is -2.33. The summed E-state index contributed by atoms with van der Waals surface area (Å²) in [5.41, 5.74) is 3.12. The monoisotopic (exact) mass is 436 g/mol. The molecule has 0 spiro atoms. The predicted molar refractivity (Wildman–Crippen MR) is 129 cm³/mol. The summed E-state index contributed by atoms with van der Waals surface area (Å²) in [5, 5.41) is 0. The van der Waals surface area contributed by atoms with Gasteiger partial charge in [-0.15, -0.1) is 0 Å². The molecule has 0 atom stereocenters. The average Bonchev–Trinajstić information content (AvgIpc) is 2.78. The van der Waals surface area contributed by atoms with Gasteiger partial charge in [-0.1, -0.05) is 62.4 Å². The first-order valence-corrected chi connectivity index (χ1v) is 11.3. The van der Waals surface area contributed by atoms with Crippen molar-refractivity contribution >= 4 is 12.0 Å². The maximum absolute atomic E-state index is 13.5. The molecule has 0 N–H and O–H groups in total. The second kappa shape index (κ2) is 11.5. The molecule has 5 nitrogen and oxygen atoms in total. The Balaban J connectivity index is 0.00000176. The highest BCUT2D eigenvalue weighted by Gasteiger charge is 2.27. The Morgan fingerprint density at radius 1 is 1.00 bits per heavy atom. The summed E-state index contributed by atoms with van der Waals surface area (Å²) in [5.74, 6) is -0.0195. The van der Waals surface area contributed by atoms with Crippen LogP contribution in [-0.4, -0.2) is 40.5 Å². The van der Waals surface area contributed by atoms with Gasteiger partial charge in [0.15, 0.2) is 0 Å². The zero-order chi connectivity index (χ0) is 23.7. The third kappa shape index (κ3) is 6.98. The van der Waals surface area contributed by atoms with Crippen LogP contribution in [0.15, 0.2) is 66.4 Å². The van der Waals surface area contributed by atoms with Gasteiger partial charge >= 0.3 is 6.09 Å². The van der Waals surface area contributed by atoms with Gasteiger partial charge in [-0.05, 0) is 51.0 Å². The molecule has 0 saturated heterocycles. The molecule has 0 bridgehead atoms. The molecule has 0 unspecified atom stereocenters. The van der Waals surface area contributed by atoms with Crippen LogP contribution in [0.2, 0.25) is 0 Å². The number of hydrogen-bond acceptors (Lipinski definition) is 3. The molecule has 1 aliphatic heterocycles. The van der Waals surface area contributed by atoms with E-state index in [9.17, 15) is 9.59 Å². The van der Waals surface area contributed by atoms with Crippen LogP contribution in [0.5, 0.6) is 0 Å². The maximum atomic E-state index is 13.5. The van der Waals surface area contributed by atoms with Crippen LogP contribution in [0.25, 0.3) is 0 Å². The van der Waals surface area contributed by atoms with Crippen LogP contribution >= 0.6 is 0 Å². The summed E-state index contributed by atoms with van der Waals surface area (Å²) in [6.45, 7) is 13.0. The number of hydrogen-bond donors (Lipinski definition) is 0. The number of benzene rings is 2. The summed E-state index contributed by atoms with van der Waals surface area (Å²) >= 11 is 0.